The monoisotopic (exact) mass is 149 g/mol. The van der Waals surface area contributed by atoms with Gasteiger partial charge in [-0.2, -0.15) is 0 Å². The van der Waals surface area contributed by atoms with Crippen molar-refractivity contribution in [2.75, 3.05) is 26.5 Å². The Hall–Kier alpha value is 0.390. The minimum atomic E-state index is -0.944. The maximum absolute atomic E-state index is 3.56. The SMILES string of the molecule is CCCCN[PH](C)(C)C. The average molecular weight is 149 g/mol. The molecule has 0 heterocycles. The van der Waals surface area contributed by atoms with E-state index in [1.54, 1.807) is 0 Å². The Kier molecular flexibility index (Phi) is 4.43. The Balaban J connectivity index is 3.07. The van der Waals surface area contributed by atoms with Gasteiger partial charge in [-0.3, -0.25) is 0 Å². The summed E-state index contributed by atoms with van der Waals surface area (Å²) in [5.41, 5.74) is 0. The van der Waals surface area contributed by atoms with Crippen LogP contribution in [0.15, 0.2) is 0 Å². The van der Waals surface area contributed by atoms with E-state index in [-0.39, 0.29) is 0 Å². The molecule has 0 aromatic carbocycles. The molecule has 0 aliphatic carbocycles. The third kappa shape index (κ3) is 8.39. The molecule has 0 atom stereocenters. The van der Waals surface area contributed by atoms with Crippen LogP contribution in [0.4, 0.5) is 0 Å². The number of unbranched alkanes of at least 4 members (excludes halogenated alkanes) is 1. The number of nitrogens with one attached hydrogen (secondary N) is 1. The zero-order valence-electron chi connectivity index (χ0n) is 7.12. The van der Waals surface area contributed by atoms with Gasteiger partial charge in [0.2, 0.25) is 0 Å². The summed E-state index contributed by atoms with van der Waals surface area (Å²) >= 11 is 0. The summed E-state index contributed by atoms with van der Waals surface area (Å²) in [6.45, 7) is 10.5. The molecule has 0 rings (SSSR count). The van der Waals surface area contributed by atoms with Crippen LogP contribution in [-0.4, -0.2) is 26.5 Å². The van der Waals surface area contributed by atoms with E-state index in [0.29, 0.717) is 0 Å². The van der Waals surface area contributed by atoms with Gasteiger partial charge in [-0.05, 0) is 0 Å². The fourth-order valence-electron chi connectivity index (χ4n) is 0.640. The molecule has 2 heteroatoms. The Labute approximate surface area is 59.6 Å². The summed E-state index contributed by atoms with van der Waals surface area (Å²) in [5, 5.41) is 3.56. The van der Waals surface area contributed by atoms with Crippen molar-refractivity contribution < 1.29 is 0 Å². The van der Waals surface area contributed by atoms with Crippen molar-refractivity contribution in [1.29, 1.82) is 0 Å². The molecule has 1 N–H and O–H groups in total. The zero-order chi connectivity index (χ0) is 7.33. The average Bonchev–Trinajstić information content (AvgIpc) is 1.63. The maximum atomic E-state index is 3.56. The molecule has 0 saturated heterocycles. The van der Waals surface area contributed by atoms with Crippen molar-refractivity contribution >= 4 is 7.41 Å². The molecule has 0 radical (unpaired) electrons. The van der Waals surface area contributed by atoms with Gasteiger partial charge < -0.3 is 0 Å². The number of hydrogen-bond donors (Lipinski definition) is 1. The van der Waals surface area contributed by atoms with Crippen molar-refractivity contribution in [2.24, 2.45) is 0 Å². The Bertz CT molecular complexity index is 65.8. The fourth-order valence-corrected chi connectivity index (χ4v) is 1.57. The second-order valence-electron chi connectivity index (χ2n) is 3.53. The van der Waals surface area contributed by atoms with Gasteiger partial charge in [-0.15, -0.1) is 0 Å². The van der Waals surface area contributed by atoms with E-state index in [0.717, 1.165) is 0 Å². The molecule has 1 nitrogen and oxygen atoms in total. The van der Waals surface area contributed by atoms with Crippen molar-refractivity contribution in [3.8, 4) is 0 Å². The Morgan fingerprint density at radius 3 is 2.11 bits per heavy atom. The molecule has 0 aromatic heterocycles. The van der Waals surface area contributed by atoms with Gasteiger partial charge in [-0.1, -0.05) is 0 Å². The van der Waals surface area contributed by atoms with Crippen molar-refractivity contribution in [1.82, 2.24) is 5.09 Å². The first-order chi connectivity index (χ1) is 4.06. The summed E-state index contributed by atoms with van der Waals surface area (Å²) in [5.74, 6) is 0. The van der Waals surface area contributed by atoms with E-state index < -0.39 is 7.41 Å². The molecule has 9 heavy (non-hydrogen) atoms. The number of rotatable bonds is 4. The molecule has 0 spiro atoms. The Morgan fingerprint density at radius 2 is 1.78 bits per heavy atom. The summed E-state index contributed by atoms with van der Waals surface area (Å²) in [6, 6.07) is 0. The zero-order valence-corrected chi connectivity index (χ0v) is 8.12. The van der Waals surface area contributed by atoms with Crippen LogP contribution >= 0.6 is 7.41 Å². The molecule has 0 aliphatic heterocycles. The van der Waals surface area contributed by atoms with E-state index in [4.69, 9.17) is 0 Å². The van der Waals surface area contributed by atoms with E-state index in [1.807, 2.05) is 0 Å². The van der Waals surface area contributed by atoms with Crippen LogP contribution in [0.1, 0.15) is 19.8 Å². The number of hydrogen-bond acceptors (Lipinski definition) is 1. The van der Waals surface area contributed by atoms with Crippen LogP contribution in [0.5, 0.6) is 0 Å². The third-order valence-electron chi connectivity index (χ3n) is 1.19. The first-order valence-corrected chi connectivity index (χ1v) is 7.31. The molecule has 0 aromatic rings. The van der Waals surface area contributed by atoms with Gasteiger partial charge in [-0.25, -0.2) is 0 Å². The van der Waals surface area contributed by atoms with E-state index in [2.05, 4.69) is 32.0 Å². The summed E-state index contributed by atoms with van der Waals surface area (Å²) in [7, 11) is -0.944. The third-order valence-corrected chi connectivity index (χ3v) is 2.50. The van der Waals surface area contributed by atoms with Crippen LogP contribution in [0.2, 0.25) is 0 Å². The van der Waals surface area contributed by atoms with Gasteiger partial charge in [0.25, 0.3) is 0 Å². The van der Waals surface area contributed by atoms with Gasteiger partial charge >= 0.3 is 58.8 Å². The van der Waals surface area contributed by atoms with Gasteiger partial charge in [0.15, 0.2) is 0 Å². The van der Waals surface area contributed by atoms with Crippen molar-refractivity contribution in [3.63, 3.8) is 0 Å². The molecule has 0 fully saturated rings. The topological polar surface area (TPSA) is 12.0 Å². The molecular formula is C7H20NP. The quantitative estimate of drug-likeness (QED) is 0.475. The molecule has 0 bridgehead atoms. The van der Waals surface area contributed by atoms with E-state index >= 15 is 0 Å². The normalized spacial score (nSPS) is 13.8. The van der Waals surface area contributed by atoms with Gasteiger partial charge in [0.05, 0.1) is 0 Å². The molecule has 0 amide bonds. The van der Waals surface area contributed by atoms with E-state index in [1.165, 1.54) is 19.4 Å². The van der Waals surface area contributed by atoms with E-state index in [9.17, 15) is 0 Å². The standard InChI is InChI=1S/C7H20NP/c1-5-6-7-8-9(2,3)4/h8-9H,5-7H2,1-4H3. The van der Waals surface area contributed by atoms with Crippen LogP contribution in [-0.2, 0) is 0 Å². The molecule has 0 saturated carbocycles. The molecular weight excluding hydrogens is 129 g/mol. The summed E-state index contributed by atoms with van der Waals surface area (Å²) in [6.07, 6.45) is 2.63. The minimum absolute atomic E-state index is 0.944. The van der Waals surface area contributed by atoms with Crippen LogP contribution in [0.25, 0.3) is 0 Å². The van der Waals surface area contributed by atoms with Crippen molar-refractivity contribution in [2.45, 2.75) is 19.8 Å². The second kappa shape index (κ2) is 4.24. The first kappa shape index (κ1) is 9.39. The van der Waals surface area contributed by atoms with Gasteiger partial charge in [0.1, 0.15) is 0 Å². The second-order valence-corrected chi connectivity index (χ2v) is 8.38. The van der Waals surface area contributed by atoms with Crippen LogP contribution in [0.3, 0.4) is 0 Å². The Morgan fingerprint density at radius 1 is 1.22 bits per heavy atom. The summed E-state index contributed by atoms with van der Waals surface area (Å²) in [4.78, 5) is 0. The van der Waals surface area contributed by atoms with Crippen LogP contribution in [0, 0.1) is 0 Å². The van der Waals surface area contributed by atoms with Gasteiger partial charge in [0, 0.05) is 0 Å². The molecule has 0 aliphatic rings. The predicted octanol–water partition coefficient (Wildman–Crippen LogP) is 1.93. The molecule has 0 unspecified atom stereocenters. The van der Waals surface area contributed by atoms with Crippen LogP contribution < -0.4 is 5.09 Å². The fraction of sp³-hybridized carbons (Fsp3) is 1.00. The predicted molar refractivity (Wildman–Crippen MR) is 49.0 cm³/mol. The molecule has 58 valence electrons. The first-order valence-electron chi connectivity index (χ1n) is 3.81. The summed E-state index contributed by atoms with van der Waals surface area (Å²) < 4.78 is 0. The van der Waals surface area contributed by atoms with Crippen molar-refractivity contribution in [3.05, 3.63) is 0 Å².